The third-order valence-electron chi connectivity index (χ3n) is 9.79. The minimum atomic E-state index is -4.66. The van der Waals surface area contributed by atoms with Crippen molar-refractivity contribution in [2.45, 2.75) is 24.6 Å². The van der Waals surface area contributed by atoms with Crippen molar-refractivity contribution in [3.63, 3.8) is 0 Å². The number of hydrogen-bond donors (Lipinski definition) is 2. The number of carbonyl (C=O) groups is 2. The van der Waals surface area contributed by atoms with E-state index in [-0.39, 0.29) is 16.7 Å². The molecule has 0 bridgehead atoms. The van der Waals surface area contributed by atoms with Crippen LogP contribution in [0.2, 0.25) is 0 Å². The highest BCUT2D eigenvalue weighted by molar-refractivity contribution is 7.20. The fraction of sp³-hybridized carbons (Fsp3) is 0.0870. The Morgan fingerprint density at radius 1 is 0.559 bits per heavy atom. The van der Waals surface area contributed by atoms with Gasteiger partial charge in [-0.25, -0.2) is 4.79 Å². The largest absolute Gasteiger partial charge is 0.448 e. The van der Waals surface area contributed by atoms with Gasteiger partial charge in [-0.1, -0.05) is 84.9 Å². The van der Waals surface area contributed by atoms with Gasteiger partial charge in [0.25, 0.3) is 0 Å². The fourth-order valence-electron chi connectivity index (χ4n) is 6.93. The first-order chi connectivity index (χ1) is 28.1. The highest BCUT2D eigenvalue weighted by Gasteiger charge is 2.33. The van der Waals surface area contributed by atoms with E-state index in [2.05, 4.69) is 0 Å². The molecule has 0 radical (unpaired) electrons. The van der Waals surface area contributed by atoms with Gasteiger partial charge >= 0.3 is 18.3 Å². The van der Waals surface area contributed by atoms with Gasteiger partial charge in [0, 0.05) is 19.8 Å². The second-order valence-corrected chi connectivity index (χ2v) is 15.9. The van der Waals surface area contributed by atoms with Gasteiger partial charge in [0.1, 0.15) is 6.10 Å². The van der Waals surface area contributed by atoms with Crippen molar-refractivity contribution in [1.82, 2.24) is 0 Å². The average molecular weight is 838 g/mol. The third-order valence-corrected chi connectivity index (χ3v) is 12.3. The molecule has 1 amide bonds. The molecule has 0 spiro atoms. The summed E-state index contributed by atoms with van der Waals surface area (Å²) in [6.07, 6.45) is -11.8. The lowest BCUT2D eigenvalue weighted by Gasteiger charge is -2.19. The number of esters is 1. The summed E-state index contributed by atoms with van der Waals surface area (Å²) in [5.74, 6) is -1.41. The van der Waals surface area contributed by atoms with Crippen LogP contribution in [0.1, 0.15) is 64.9 Å². The van der Waals surface area contributed by atoms with Crippen molar-refractivity contribution in [2.75, 3.05) is 0 Å². The molecule has 2 unspecified atom stereocenters. The first-order valence-corrected chi connectivity index (χ1v) is 19.6. The highest BCUT2D eigenvalue weighted by atomic mass is 32.1. The Morgan fingerprint density at radius 2 is 1.03 bits per heavy atom. The molecule has 0 saturated heterocycles. The second-order valence-electron chi connectivity index (χ2n) is 13.7. The molecule has 0 aliphatic carbocycles. The van der Waals surface area contributed by atoms with Crippen molar-refractivity contribution in [3.05, 3.63) is 189 Å². The first kappa shape index (κ1) is 39.5. The SMILES string of the molecule is NC(=O)c1cccc(-c2cccc3cc(C(OC(=O)c4cccc(-c5cccc6cc(C(O)c7cccc(C(F)(F)F)c7)sc56)c4)c4cccc(C(F)(F)F)c4)sc23)c1. The lowest BCUT2D eigenvalue weighted by atomic mass is 10.0. The lowest BCUT2D eigenvalue weighted by molar-refractivity contribution is -0.138. The molecule has 296 valence electrons. The maximum atomic E-state index is 14.1. The van der Waals surface area contributed by atoms with Crippen LogP contribution in [0.15, 0.2) is 146 Å². The van der Waals surface area contributed by atoms with Crippen LogP contribution in [0, 0.1) is 0 Å². The Hall–Kier alpha value is -6.28. The maximum absolute atomic E-state index is 14.1. The maximum Gasteiger partial charge on any atom is 0.416 e. The number of hydrogen-bond acceptors (Lipinski definition) is 6. The van der Waals surface area contributed by atoms with E-state index in [1.165, 1.54) is 53.0 Å². The monoisotopic (exact) mass is 837 g/mol. The van der Waals surface area contributed by atoms with Gasteiger partial charge in [0.05, 0.1) is 21.6 Å². The summed E-state index contributed by atoms with van der Waals surface area (Å²) in [6, 6.07) is 36.8. The summed E-state index contributed by atoms with van der Waals surface area (Å²) in [5, 5.41) is 12.6. The summed E-state index contributed by atoms with van der Waals surface area (Å²) >= 11 is 2.44. The second kappa shape index (κ2) is 15.5. The first-order valence-electron chi connectivity index (χ1n) is 17.9. The number of primary amides is 1. The van der Waals surface area contributed by atoms with Gasteiger partial charge in [-0.05, 0) is 105 Å². The van der Waals surface area contributed by atoms with Crippen LogP contribution < -0.4 is 5.73 Å². The number of amides is 1. The number of halogens is 6. The number of aliphatic hydroxyl groups excluding tert-OH is 1. The van der Waals surface area contributed by atoms with Gasteiger partial charge in [-0.3, -0.25) is 4.79 Å². The van der Waals surface area contributed by atoms with E-state index in [9.17, 15) is 41.0 Å². The number of fused-ring (bicyclic) bond motifs is 2. The van der Waals surface area contributed by atoms with Gasteiger partial charge in [-0.2, -0.15) is 26.3 Å². The Morgan fingerprint density at radius 3 is 1.61 bits per heavy atom. The summed E-state index contributed by atoms with van der Waals surface area (Å²) < 4.78 is 89.8. The average Bonchev–Trinajstić information content (AvgIpc) is 3.87. The van der Waals surface area contributed by atoms with Crippen molar-refractivity contribution in [2.24, 2.45) is 5.73 Å². The van der Waals surface area contributed by atoms with Gasteiger partial charge < -0.3 is 15.6 Å². The van der Waals surface area contributed by atoms with E-state index in [0.29, 0.717) is 36.7 Å². The molecule has 59 heavy (non-hydrogen) atoms. The van der Waals surface area contributed by atoms with Gasteiger partial charge in [0.15, 0.2) is 6.10 Å². The Balaban J connectivity index is 1.15. The third kappa shape index (κ3) is 8.09. The topological polar surface area (TPSA) is 89.6 Å². The van der Waals surface area contributed by atoms with Crippen molar-refractivity contribution >= 4 is 54.7 Å². The van der Waals surface area contributed by atoms with Crippen LogP contribution >= 0.6 is 22.7 Å². The number of benzene rings is 6. The predicted molar refractivity (Wildman–Crippen MR) is 217 cm³/mol. The Kier molecular flexibility index (Phi) is 10.4. The molecule has 6 aromatic carbocycles. The molecule has 8 aromatic rings. The van der Waals surface area contributed by atoms with Crippen LogP contribution in [-0.4, -0.2) is 17.0 Å². The number of alkyl halides is 6. The quantitative estimate of drug-likeness (QED) is 0.112. The van der Waals surface area contributed by atoms with E-state index in [4.69, 9.17) is 10.5 Å². The van der Waals surface area contributed by atoms with Gasteiger partial charge in [0.2, 0.25) is 5.91 Å². The standard InChI is InChI=1S/C46H29F6NO4S2/c47-45(48,49)33-15-3-9-27(21-33)39(54)37-23-29-11-5-18-36(41(29)58-37)26-8-2-14-32(20-26)44(56)57-40(28-10-4-16-34(22-28)46(50,51)52)38-24-30-12-6-17-35(42(30)59-38)25-7-1-13-31(19-25)43(53)55/h1-24,39-40,54H,(H2,53,55). The van der Waals surface area contributed by atoms with Crippen LogP contribution in [0.4, 0.5) is 26.3 Å². The smallest absolute Gasteiger partial charge is 0.416 e. The summed E-state index contributed by atoms with van der Waals surface area (Å²) in [5.41, 5.74) is 7.05. The molecule has 3 N–H and O–H groups in total. The molecule has 0 fully saturated rings. The van der Waals surface area contributed by atoms with Crippen LogP contribution in [0.3, 0.4) is 0 Å². The summed E-state index contributed by atoms with van der Waals surface area (Å²) in [6.45, 7) is 0. The molecular formula is C46H29F6NO4S2. The zero-order chi connectivity index (χ0) is 41.6. The normalized spacial score (nSPS) is 13.1. The molecule has 2 aromatic heterocycles. The molecule has 13 heteroatoms. The van der Waals surface area contributed by atoms with Crippen LogP contribution in [-0.2, 0) is 17.1 Å². The highest BCUT2D eigenvalue weighted by Crippen LogP contribution is 2.43. The lowest BCUT2D eigenvalue weighted by Crippen LogP contribution is -2.13. The van der Waals surface area contributed by atoms with E-state index in [1.54, 1.807) is 60.7 Å². The number of thiophene rings is 2. The number of rotatable bonds is 9. The molecule has 8 rings (SSSR count). The van der Waals surface area contributed by atoms with E-state index >= 15 is 0 Å². The number of ether oxygens (including phenoxy) is 1. The molecule has 5 nitrogen and oxygen atoms in total. The molecule has 2 heterocycles. The number of nitrogens with two attached hydrogens (primary N) is 1. The van der Waals surface area contributed by atoms with E-state index in [0.717, 1.165) is 45.3 Å². The van der Waals surface area contributed by atoms with Crippen LogP contribution in [0.25, 0.3) is 42.4 Å². The summed E-state index contributed by atoms with van der Waals surface area (Å²) in [7, 11) is 0. The van der Waals surface area contributed by atoms with Crippen molar-refractivity contribution in [3.8, 4) is 22.3 Å². The molecular weight excluding hydrogens is 809 g/mol. The van der Waals surface area contributed by atoms with E-state index < -0.39 is 47.6 Å². The molecule has 0 aliphatic rings. The molecule has 0 saturated carbocycles. The minimum absolute atomic E-state index is 0.0835. The minimum Gasteiger partial charge on any atom is -0.448 e. The number of aliphatic hydroxyl groups is 1. The van der Waals surface area contributed by atoms with Gasteiger partial charge in [-0.15, -0.1) is 22.7 Å². The van der Waals surface area contributed by atoms with Crippen LogP contribution in [0.5, 0.6) is 0 Å². The zero-order valence-electron chi connectivity index (χ0n) is 30.3. The zero-order valence-corrected chi connectivity index (χ0v) is 32.0. The Bertz CT molecular complexity index is 2900. The summed E-state index contributed by atoms with van der Waals surface area (Å²) in [4.78, 5) is 26.9. The number of carbonyl (C=O) groups excluding carboxylic acids is 2. The molecule has 2 atom stereocenters. The molecule has 0 aliphatic heterocycles. The fourth-order valence-corrected chi connectivity index (χ4v) is 9.39. The predicted octanol–water partition coefficient (Wildman–Crippen LogP) is 12.6. The van der Waals surface area contributed by atoms with E-state index in [1.807, 2.05) is 30.3 Å². The van der Waals surface area contributed by atoms with Crippen molar-refractivity contribution in [1.29, 1.82) is 0 Å². The Labute approximate surface area is 340 Å². The van der Waals surface area contributed by atoms with Crippen molar-refractivity contribution < 1.29 is 45.8 Å².